The molecule has 1 aliphatic rings. The Kier molecular flexibility index (Phi) is 4.85. The van der Waals surface area contributed by atoms with E-state index < -0.39 is 0 Å². The third-order valence-electron chi connectivity index (χ3n) is 2.75. The van der Waals surface area contributed by atoms with Crippen molar-refractivity contribution in [2.24, 2.45) is 5.41 Å². The summed E-state index contributed by atoms with van der Waals surface area (Å²) in [5.41, 5.74) is -0.00678. The minimum absolute atomic E-state index is 0.00678. The second-order valence-corrected chi connectivity index (χ2v) is 4.94. The molecule has 0 radical (unpaired) electrons. The fourth-order valence-electron chi connectivity index (χ4n) is 1.58. The molecular weight excluding hydrogens is 178 g/mol. The zero-order chi connectivity index (χ0) is 10.4. The maximum Gasteiger partial charge on any atom is 0.0494 e. The third-order valence-corrected chi connectivity index (χ3v) is 2.75. The average Bonchev–Trinajstić information content (AvgIpc) is 2.43. The lowest BCUT2D eigenvalue weighted by Crippen LogP contribution is -2.38. The Labute approximate surface area is 86.8 Å². The van der Waals surface area contributed by atoms with E-state index in [4.69, 9.17) is 9.84 Å². The molecule has 1 heterocycles. The van der Waals surface area contributed by atoms with Gasteiger partial charge in [0.25, 0.3) is 0 Å². The van der Waals surface area contributed by atoms with Gasteiger partial charge in [-0.15, -0.1) is 0 Å². The van der Waals surface area contributed by atoms with Crippen LogP contribution in [0.1, 0.15) is 33.1 Å². The minimum atomic E-state index is -0.00678. The van der Waals surface area contributed by atoms with Crippen LogP contribution in [-0.4, -0.2) is 37.5 Å². The van der Waals surface area contributed by atoms with E-state index in [2.05, 4.69) is 19.2 Å². The summed E-state index contributed by atoms with van der Waals surface area (Å²) in [6, 6.07) is 0.573. The van der Waals surface area contributed by atoms with Gasteiger partial charge in [0.05, 0.1) is 0 Å². The Balaban J connectivity index is 2.22. The van der Waals surface area contributed by atoms with Gasteiger partial charge in [-0.3, -0.25) is 0 Å². The second-order valence-electron chi connectivity index (χ2n) is 4.94. The van der Waals surface area contributed by atoms with Crippen molar-refractivity contribution in [2.75, 3.05) is 26.4 Å². The first-order chi connectivity index (χ1) is 6.64. The lowest BCUT2D eigenvalue weighted by Gasteiger charge is -2.25. The Morgan fingerprint density at radius 2 is 2.14 bits per heavy atom. The number of nitrogens with one attached hydrogen (secondary N) is 1. The summed E-state index contributed by atoms with van der Waals surface area (Å²) in [7, 11) is 0. The Morgan fingerprint density at radius 3 is 2.86 bits per heavy atom. The highest BCUT2D eigenvalue weighted by Crippen LogP contribution is 2.14. The Hall–Kier alpha value is -0.120. The van der Waals surface area contributed by atoms with Gasteiger partial charge in [-0.1, -0.05) is 13.8 Å². The normalized spacial score (nSPS) is 24.6. The molecule has 3 heteroatoms. The first-order valence-corrected chi connectivity index (χ1v) is 5.56. The van der Waals surface area contributed by atoms with Crippen molar-refractivity contribution in [1.82, 2.24) is 5.32 Å². The predicted molar refractivity (Wildman–Crippen MR) is 57.3 cm³/mol. The van der Waals surface area contributed by atoms with Crippen LogP contribution in [0.5, 0.6) is 0 Å². The number of aliphatic hydroxyl groups is 1. The number of hydrogen-bond donors (Lipinski definition) is 2. The van der Waals surface area contributed by atoms with Crippen LogP contribution < -0.4 is 5.32 Å². The number of aliphatic hydroxyl groups excluding tert-OH is 1. The summed E-state index contributed by atoms with van der Waals surface area (Å²) in [6.07, 6.45) is 3.44. The third kappa shape index (κ3) is 4.40. The Morgan fingerprint density at radius 1 is 1.36 bits per heavy atom. The molecule has 1 rings (SSSR count). The molecule has 0 aromatic carbocycles. The fourth-order valence-corrected chi connectivity index (χ4v) is 1.58. The first-order valence-electron chi connectivity index (χ1n) is 5.56. The van der Waals surface area contributed by atoms with Crippen LogP contribution in [0.4, 0.5) is 0 Å². The molecule has 14 heavy (non-hydrogen) atoms. The maximum absolute atomic E-state index is 9.11. The van der Waals surface area contributed by atoms with Crippen LogP contribution in [-0.2, 0) is 4.74 Å². The highest BCUT2D eigenvalue weighted by molar-refractivity contribution is 4.75. The van der Waals surface area contributed by atoms with E-state index in [-0.39, 0.29) is 12.0 Å². The summed E-state index contributed by atoms with van der Waals surface area (Å²) in [5.74, 6) is 0. The number of hydrogen-bond acceptors (Lipinski definition) is 3. The largest absolute Gasteiger partial charge is 0.396 e. The van der Waals surface area contributed by atoms with Crippen LogP contribution >= 0.6 is 0 Å². The molecule has 3 nitrogen and oxygen atoms in total. The highest BCUT2D eigenvalue weighted by Gasteiger charge is 2.19. The fraction of sp³-hybridized carbons (Fsp3) is 1.00. The van der Waals surface area contributed by atoms with Gasteiger partial charge in [0.1, 0.15) is 0 Å². The van der Waals surface area contributed by atoms with Crippen LogP contribution in [0.2, 0.25) is 0 Å². The smallest absolute Gasteiger partial charge is 0.0494 e. The van der Waals surface area contributed by atoms with E-state index in [0.29, 0.717) is 6.04 Å². The second kappa shape index (κ2) is 5.69. The van der Waals surface area contributed by atoms with E-state index in [9.17, 15) is 0 Å². The van der Waals surface area contributed by atoms with Crippen LogP contribution in [0, 0.1) is 5.41 Å². The summed E-state index contributed by atoms with van der Waals surface area (Å²) in [6.45, 7) is 7.05. The monoisotopic (exact) mass is 201 g/mol. The zero-order valence-corrected chi connectivity index (χ0v) is 9.38. The lowest BCUT2D eigenvalue weighted by molar-refractivity contribution is 0.138. The van der Waals surface area contributed by atoms with Gasteiger partial charge in [-0.25, -0.2) is 0 Å². The van der Waals surface area contributed by atoms with Gasteiger partial charge < -0.3 is 15.2 Å². The van der Waals surface area contributed by atoms with E-state index in [0.717, 1.165) is 32.6 Å². The molecule has 1 aliphatic heterocycles. The first kappa shape index (κ1) is 12.0. The predicted octanol–water partition coefficient (Wildman–Crippen LogP) is 1.16. The molecule has 0 saturated carbocycles. The van der Waals surface area contributed by atoms with Gasteiger partial charge in [0, 0.05) is 37.8 Å². The molecule has 84 valence electrons. The molecule has 1 atom stereocenters. The van der Waals surface area contributed by atoms with Crippen molar-refractivity contribution in [1.29, 1.82) is 0 Å². The summed E-state index contributed by atoms with van der Waals surface area (Å²) < 4.78 is 5.39. The molecule has 0 aromatic rings. The van der Waals surface area contributed by atoms with Crippen molar-refractivity contribution in [2.45, 2.75) is 39.2 Å². The molecule has 2 N–H and O–H groups in total. The minimum Gasteiger partial charge on any atom is -0.396 e. The lowest BCUT2D eigenvalue weighted by atomic mass is 9.94. The molecule has 0 amide bonds. The summed E-state index contributed by atoms with van der Waals surface area (Å²) >= 11 is 0. The molecule has 1 saturated heterocycles. The molecular formula is C11H23NO2. The van der Waals surface area contributed by atoms with E-state index in [1.165, 1.54) is 6.42 Å². The van der Waals surface area contributed by atoms with Crippen molar-refractivity contribution < 1.29 is 9.84 Å². The average molecular weight is 201 g/mol. The van der Waals surface area contributed by atoms with E-state index in [1.54, 1.807) is 0 Å². The van der Waals surface area contributed by atoms with Crippen molar-refractivity contribution in [3.05, 3.63) is 0 Å². The number of rotatable bonds is 4. The van der Waals surface area contributed by atoms with Gasteiger partial charge in [-0.05, 0) is 19.3 Å². The quantitative estimate of drug-likeness (QED) is 0.717. The summed E-state index contributed by atoms with van der Waals surface area (Å²) in [5, 5.41) is 12.6. The molecule has 0 aliphatic carbocycles. The molecule has 0 spiro atoms. The van der Waals surface area contributed by atoms with Gasteiger partial charge in [-0.2, -0.15) is 0 Å². The number of ether oxygens (including phenoxy) is 1. The van der Waals surface area contributed by atoms with Gasteiger partial charge in [0.15, 0.2) is 0 Å². The van der Waals surface area contributed by atoms with Crippen molar-refractivity contribution in [3.8, 4) is 0 Å². The molecule has 0 aromatic heterocycles. The van der Waals surface area contributed by atoms with E-state index in [1.807, 2.05) is 0 Å². The van der Waals surface area contributed by atoms with Crippen LogP contribution in [0.3, 0.4) is 0 Å². The topological polar surface area (TPSA) is 41.5 Å². The van der Waals surface area contributed by atoms with Crippen LogP contribution in [0.15, 0.2) is 0 Å². The zero-order valence-electron chi connectivity index (χ0n) is 9.38. The maximum atomic E-state index is 9.11. The summed E-state index contributed by atoms with van der Waals surface area (Å²) in [4.78, 5) is 0. The van der Waals surface area contributed by atoms with Crippen LogP contribution in [0.25, 0.3) is 0 Å². The highest BCUT2D eigenvalue weighted by atomic mass is 16.5. The van der Waals surface area contributed by atoms with Gasteiger partial charge >= 0.3 is 0 Å². The molecule has 1 unspecified atom stereocenters. The van der Waals surface area contributed by atoms with Crippen molar-refractivity contribution in [3.63, 3.8) is 0 Å². The molecule has 1 fully saturated rings. The standard InChI is InChI=1S/C11H23NO2/c1-11(2,9-13)8-12-10-4-3-6-14-7-5-10/h10,12-13H,3-9H2,1-2H3. The SMILES string of the molecule is CC(C)(CO)CNC1CCCOCC1. The Bertz CT molecular complexity index is 151. The van der Waals surface area contributed by atoms with E-state index >= 15 is 0 Å². The van der Waals surface area contributed by atoms with Gasteiger partial charge in [0.2, 0.25) is 0 Å². The molecule has 0 bridgehead atoms. The van der Waals surface area contributed by atoms with Crippen molar-refractivity contribution >= 4 is 0 Å².